The Labute approximate surface area is 121 Å². The van der Waals surface area contributed by atoms with Gasteiger partial charge in [0.05, 0.1) is 11.7 Å². The molecule has 1 atom stereocenters. The highest BCUT2D eigenvalue weighted by Gasteiger charge is 2.16. The average molecular weight is 275 g/mol. The number of rotatable bonds is 3. The van der Waals surface area contributed by atoms with Crippen molar-refractivity contribution in [2.24, 2.45) is 0 Å². The molecule has 20 heavy (non-hydrogen) atoms. The summed E-state index contributed by atoms with van der Waals surface area (Å²) in [5, 5.41) is 6.08. The molecule has 1 aromatic heterocycles. The highest BCUT2D eigenvalue weighted by Crippen LogP contribution is 2.17. The Bertz CT molecular complexity index is 399. The van der Waals surface area contributed by atoms with Crippen molar-refractivity contribution in [1.29, 1.82) is 0 Å². The Morgan fingerprint density at radius 3 is 2.55 bits per heavy atom. The summed E-state index contributed by atoms with van der Waals surface area (Å²) < 4.78 is 0. The lowest BCUT2D eigenvalue weighted by atomic mass is 9.97. The summed E-state index contributed by atoms with van der Waals surface area (Å²) in [4.78, 5) is 16.3. The van der Waals surface area contributed by atoms with E-state index in [0.29, 0.717) is 6.04 Å². The van der Waals surface area contributed by atoms with Crippen LogP contribution in [0.4, 0.5) is 4.79 Å². The van der Waals surface area contributed by atoms with Gasteiger partial charge in [-0.2, -0.15) is 0 Å². The second kappa shape index (κ2) is 7.88. The molecule has 0 bridgehead atoms. The Hall–Kier alpha value is -1.58. The van der Waals surface area contributed by atoms with Crippen LogP contribution < -0.4 is 10.6 Å². The van der Waals surface area contributed by atoms with Gasteiger partial charge in [0, 0.05) is 12.2 Å². The van der Waals surface area contributed by atoms with Crippen LogP contribution in [0.5, 0.6) is 0 Å². The van der Waals surface area contributed by atoms with E-state index in [9.17, 15) is 4.79 Å². The molecule has 2 rings (SSSR count). The number of urea groups is 1. The number of nitrogens with one attached hydrogen (secondary N) is 2. The summed E-state index contributed by atoms with van der Waals surface area (Å²) in [7, 11) is 0. The third kappa shape index (κ3) is 4.83. The van der Waals surface area contributed by atoms with Crippen molar-refractivity contribution in [2.75, 3.05) is 0 Å². The SMILES string of the molecule is C[C@@H](NC(=O)NC1CCCCCCC1)c1ccccn1. The summed E-state index contributed by atoms with van der Waals surface area (Å²) in [6, 6.07) is 5.93. The Morgan fingerprint density at radius 1 is 1.20 bits per heavy atom. The van der Waals surface area contributed by atoms with Gasteiger partial charge in [-0.05, 0) is 31.9 Å². The monoisotopic (exact) mass is 275 g/mol. The molecule has 1 aliphatic carbocycles. The number of aromatic nitrogens is 1. The fourth-order valence-corrected chi connectivity index (χ4v) is 2.73. The lowest BCUT2D eigenvalue weighted by Gasteiger charge is -2.22. The van der Waals surface area contributed by atoms with Gasteiger partial charge < -0.3 is 10.6 Å². The van der Waals surface area contributed by atoms with Crippen molar-refractivity contribution >= 4 is 6.03 Å². The zero-order valence-electron chi connectivity index (χ0n) is 12.3. The number of pyridine rings is 1. The van der Waals surface area contributed by atoms with E-state index in [0.717, 1.165) is 18.5 Å². The molecule has 1 aliphatic rings. The third-order valence-corrected chi connectivity index (χ3v) is 3.92. The minimum absolute atomic E-state index is 0.0650. The van der Waals surface area contributed by atoms with Gasteiger partial charge in [-0.1, -0.05) is 38.2 Å². The van der Waals surface area contributed by atoms with Gasteiger partial charge in [0.1, 0.15) is 0 Å². The highest BCUT2D eigenvalue weighted by molar-refractivity contribution is 5.74. The van der Waals surface area contributed by atoms with Crippen LogP contribution >= 0.6 is 0 Å². The molecule has 1 fully saturated rings. The topological polar surface area (TPSA) is 54.0 Å². The van der Waals surface area contributed by atoms with E-state index in [-0.39, 0.29) is 12.1 Å². The van der Waals surface area contributed by atoms with E-state index in [1.807, 2.05) is 25.1 Å². The minimum atomic E-state index is -0.0753. The molecule has 1 saturated carbocycles. The number of hydrogen-bond acceptors (Lipinski definition) is 2. The van der Waals surface area contributed by atoms with E-state index in [1.54, 1.807) is 6.20 Å². The molecule has 1 aromatic rings. The number of hydrogen-bond donors (Lipinski definition) is 2. The first-order chi connectivity index (χ1) is 9.75. The lowest BCUT2D eigenvalue weighted by Crippen LogP contribution is -2.43. The molecule has 4 nitrogen and oxygen atoms in total. The van der Waals surface area contributed by atoms with E-state index in [1.165, 1.54) is 32.1 Å². The van der Waals surface area contributed by atoms with E-state index >= 15 is 0 Å². The first kappa shape index (κ1) is 14.8. The van der Waals surface area contributed by atoms with E-state index in [2.05, 4.69) is 15.6 Å². The van der Waals surface area contributed by atoms with E-state index < -0.39 is 0 Å². The largest absolute Gasteiger partial charge is 0.335 e. The van der Waals surface area contributed by atoms with Gasteiger partial charge in [0.15, 0.2) is 0 Å². The quantitative estimate of drug-likeness (QED) is 0.886. The summed E-state index contributed by atoms with van der Waals surface area (Å²) >= 11 is 0. The highest BCUT2D eigenvalue weighted by atomic mass is 16.2. The standard InChI is InChI=1S/C16H25N3O/c1-13(15-11-7-8-12-17-15)18-16(20)19-14-9-5-3-2-4-6-10-14/h7-8,11-14H,2-6,9-10H2,1H3,(H2,18,19,20)/t13-/m1/s1. The third-order valence-electron chi connectivity index (χ3n) is 3.92. The van der Waals surface area contributed by atoms with Gasteiger partial charge in [0.2, 0.25) is 0 Å². The summed E-state index contributed by atoms with van der Waals surface area (Å²) in [5.74, 6) is 0. The summed E-state index contributed by atoms with van der Waals surface area (Å²) in [6.45, 7) is 1.96. The minimum Gasteiger partial charge on any atom is -0.335 e. The number of carbonyl (C=O) groups excluding carboxylic acids is 1. The predicted molar refractivity (Wildman–Crippen MR) is 80.4 cm³/mol. The van der Waals surface area contributed by atoms with Crippen molar-refractivity contribution in [1.82, 2.24) is 15.6 Å². The fourth-order valence-electron chi connectivity index (χ4n) is 2.73. The van der Waals surface area contributed by atoms with E-state index in [4.69, 9.17) is 0 Å². The van der Waals surface area contributed by atoms with Crippen molar-refractivity contribution in [3.8, 4) is 0 Å². The molecule has 0 aliphatic heterocycles. The maximum absolute atomic E-state index is 12.0. The van der Waals surface area contributed by atoms with Crippen LogP contribution in [0, 0.1) is 0 Å². The van der Waals surface area contributed by atoms with Gasteiger partial charge in [0.25, 0.3) is 0 Å². The summed E-state index contributed by atoms with van der Waals surface area (Å²) in [5.41, 5.74) is 0.889. The second-order valence-corrected chi connectivity index (χ2v) is 5.64. The van der Waals surface area contributed by atoms with Crippen LogP contribution in [0.15, 0.2) is 24.4 Å². The molecule has 2 N–H and O–H groups in total. The molecule has 2 amide bonds. The molecule has 1 heterocycles. The van der Waals surface area contributed by atoms with Gasteiger partial charge in [-0.25, -0.2) is 4.79 Å². The van der Waals surface area contributed by atoms with Crippen LogP contribution in [-0.4, -0.2) is 17.1 Å². The number of amides is 2. The molecule has 110 valence electrons. The maximum Gasteiger partial charge on any atom is 0.315 e. The van der Waals surface area contributed by atoms with Gasteiger partial charge >= 0.3 is 6.03 Å². The first-order valence-electron chi connectivity index (χ1n) is 7.73. The normalized spacial score (nSPS) is 18.6. The Kier molecular flexibility index (Phi) is 5.84. The zero-order chi connectivity index (χ0) is 14.2. The first-order valence-corrected chi connectivity index (χ1v) is 7.73. The van der Waals surface area contributed by atoms with Crippen molar-refractivity contribution in [3.63, 3.8) is 0 Å². The number of nitrogens with zero attached hydrogens (tertiary/aromatic N) is 1. The van der Waals surface area contributed by atoms with Crippen LogP contribution in [-0.2, 0) is 0 Å². The van der Waals surface area contributed by atoms with Crippen LogP contribution in [0.3, 0.4) is 0 Å². The second-order valence-electron chi connectivity index (χ2n) is 5.64. The van der Waals surface area contributed by atoms with Crippen LogP contribution in [0.25, 0.3) is 0 Å². The molecular weight excluding hydrogens is 250 g/mol. The molecule has 4 heteroatoms. The molecule has 0 radical (unpaired) electrons. The molecule has 0 aromatic carbocycles. The van der Waals surface area contributed by atoms with Crippen molar-refractivity contribution < 1.29 is 4.79 Å². The molecule has 0 spiro atoms. The maximum atomic E-state index is 12.0. The van der Waals surface area contributed by atoms with Crippen molar-refractivity contribution in [2.45, 2.75) is 64.0 Å². The predicted octanol–water partition coefficient (Wildman–Crippen LogP) is 3.55. The van der Waals surface area contributed by atoms with Crippen LogP contribution in [0.1, 0.15) is 63.6 Å². The van der Waals surface area contributed by atoms with Crippen molar-refractivity contribution in [3.05, 3.63) is 30.1 Å². The Morgan fingerprint density at radius 2 is 1.90 bits per heavy atom. The smallest absolute Gasteiger partial charge is 0.315 e. The Balaban J connectivity index is 1.79. The van der Waals surface area contributed by atoms with Gasteiger partial charge in [-0.15, -0.1) is 0 Å². The van der Waals surface area contributed by atoms with Crippen LogP contribution in [0.2, 0.25) is 0 Å². The number of carbonyl (C=O) groups is 1. The fraction of sp³-hybridized carbons (Fsp3) is 0.625. The lowest BCUT2D eigenvalue weighted by molar-refractivity contribution is 0.230. The summed E-state index contributed by atoms with van der Waals surface area (Å²) in [6.07, 6.45) is 10.3. The molecule has 0 unspecified atom stereocenters. The van der Waals surface area contributed by atoms with Gasteiger partial charge in [-0.3, -0.25) is 4.98 Å². The zero-order valence-corrected chi connectivity index (χ0v) is 12.3. The average Bonchev–Trinajstić information content (AvgIpc) is 2.42. The molecular formula is C16H25N3O. The molecule has 0 saturated heterocycles.